The Hall–Kier alpha value is -2.01. The van der Waals surface area contributed by atoms with E-state index >= 15 is 0 Å². The highest BCUT2D eigenvalue weighted by Gasteiger charge is 2.37. The predicted molar refractivity (Wildman–Crippen MR) is 64.5 cm³/mol. The molecule has 2 rings (SSSR count). The number of nitriles is 1. The fourth-order valence-electron chi connectivity index (χ4n) is 1.59. The summed E-state index contributed by atoms with van der Waals surface area (Å²) in [5, 5.41) is 12.2. The van der Waals surface area contributed by atoms with Crippen LogP contribution in [0.5, 0.6) is 0 Å². The average Bonchev–Trinajstić information content (AvgIpc) is 2.88. The fourth-order valence-corrected chi connectivity index (χ4v) is 2.38. The van der Waals surface area contributed by atoms with Gasteiger partial charge in [-0.2, -0.15) is 23.5 Å². The van der Waals surface area contributed by atoms with Crippen LogP contribution in [0.25, 0.3) is 0 Å². The van der Waals surface area contributed by atoms with Crippen LogP contribution in [0.1, 0.15) is 21.1 Å². The SMILES string of the molecule is Cc1c(N)c(C(F)(F)F)nn1Cc1ccc(C#N)s1. The molecule has 2 aromatic rings. The van der Waals surface area contributed by atoms with Crippen molar-refractivity contribution in [1.29, 1.82) is 5.26 Å². The monoisotopic (exact) mass is 286 g/mol. The number of rotatable bonds is 2. The third-order valence-corrected chi connectivity index (χ3v) is 3.57. The van der Waals surface area contributed by atoms with E-state index in [0.717, 1.165) is 4.88 Å². The standard InChI is InChI=1S/C11H9F3N4S/c1-6-9(16)10(11(12,13)14)17-18(6)5-8-3-2-7(4-15)19-8/h2-3H,5,16H2,1H3. The van der Waals surface area contributed by atoms with Gasteiger partial charge in [0.15, 0.2) is 5.69 Å². The highest BCUT2D eigenvalue weighted by molar-refractivity contribution is 7.12. The fraction of sp³-hybridized carbons (Fsp3) is 0.273. The van der Waals surface area contributed by atoms with E-state index in [2.05, 4.69) is 5.10 Å². The van der Waals surface area contributed by atoms with E-state index in [-0.39, 0.29) is 17.9 Å². The zero-order valence-electron chi connectivity index (χ0n) is 9.82. The molecular formula is C11H9F3N4S. The molecule has 2 heterocycles. The van der Waals surface area contributed by atoms with Gasteiger partial charge in [0.2, 0.25) is 0 Å². The van der Waals surface area contributed by atoms with E-state index in [9.17, 15) is 13.2 Å². The number of nitrogens with two attached hydrogens (primary N) is 1. The number of halogens is 3. The molecule has 0 atom stereocenters. The predicted octanol–water partition coefficient (Wildman–Crippen LogP) is 2.77. The lowest BCUT2D eigenvalue weighted by atomic mass is 10.3. The van der Waals surface area contributed by atoms with Gasteiger partial charge in [0.1, 0.15) is 10.9 Å². The minimum atomic E-state index is -4.56. The molecular weight excluding hydrogens is 277 g/mol. The molecule has 0 saturated carbocycles. The lowest BCUT2D eigenvalue weighted by molar-refractivity contribution is -0.140. The molecule has 100 valence electrons. The Morgan fingerprint density at radius 1 is 1.47 bits per heavy atom. The Kier molecular flexibility index (Phi) is 3.24. The minimum Gasteiger partial charge on any atom is -0.395 e. The molecule has 0 radical (unpaired) electrons. The average molecular weight is 286 g/mol. The molecule has 2 aromatic heterocycles. The van der Waals surface area contributed by atoms with E-state index in [1.807, 2.05) is 6.07 Å². The van der Waals surface area contributed by atoms with Crippen molar-refractivity contribution in [2.24, 2.45) is 0 Å². The van der Waals surface area contributed by atoms with Crippen LogP contribution >= 0.6 is 11.3 Å². The summed E-state index contributed by atoms with van der Waals surface area (Å²) in [6.45, 7) is 1.65. The van der Waals surface area contributed by atoms with Crippen molar-refractivity contribution in [2.45, 2.75) is 19.6 Å². The van der Waals surface area contributed by atoms with Gasteiger partial charge in [-0.3, -0.25) is 4.68 Å². The molecule has 4 nitrogen and oxygen atoms in total. The Labute approximate surface area is 110 Å². The Morgan fingerprint density at radius 3 is 2.63 bits per heavy atom. The number of hydrogen-bond acceptors (Lipinski definition) is 4. The molecule has 0 aromatic carbocycles. The smallest absolute Gasteiger partial charge is 0.395 e. The van der Waals surface area contributed by atoms with Crippen molar-refractivity contribution >= 4 is 17.0 Å². The van der Waals surface area contributed by atoms with Crippen LogP contribution in [0.3, 0.4) is 0 Å². The van der Waals surface area contributed by atoms with Gasteiger partial charge in [0, 0.05) is 4.88 Å². The number of aromatic nitrogens is 2. The van der Waals surface area contributed by atoms with Crippen LogP contribution < -0.4 is 5.73 Å². The maximum atomic E-state index is 12.6. The van der Waals surface area contributed by atoms with Crippen molar-refractivity contribution in [3.63, 3.8) is 0 Å². The summed E-state index contributed by atoms with van der Waals surface area (Å²) in [5.74, 6) is 0. The van der Waals surface area contributed by atoms with E-state index in [4.69, 9.17) is 11.0 Å². The lowest BCUT2D eigenvalue weighted by Gasteiger charge is -2.02. The van der Waals surface area contributed by atoms with Gasteiger partial charge < -0.3 is 5.73 Å². The minimum absolute atomic E-state index is 0.165. The Morgan fingerprint density at radius 2 is 2.16 bits per heavy atom. The van der Waals surface area contributed by atoms with Crippen molar-refractivity contribution in [2.75, 3.05) is 5.73 Å². The maximum Gasteiger partial charge on any atom is 0.437 e. The quantitative estimate of drug-likeness (QED) is 0.923. The zero-order chi connectivity index (χ0) is 14.2. The van der Waals surface area contributed by atoms with Crippen LogP contribution in [-0.2, 0) is 12.7 Å². The Balaban J connectivity index is 2.34. The summed E-state index contributed by atoms with van der Waals surface area (Å²) in [6.07, 6.45) is -4.56. The number of anilines is 1. The van der Waals surface area contributed by atoms with Gasteiger partial charge in [-0.25, -0.2) is 0 Å². The first-order valence-corrected chi connectivity index (χ1v) is 6.03. The highest BCUT2D eigenvalue weighted by Crippen LogP contribution is 2.34. The van der Waals surface area contributed by atoms with Crippen LogP contribution in [0, 0.1) is 18.3 Å². The molecule has 0 saturated heterocycles. The number of nitrogen functional groups attached to an aromatic ring is 1. The van der Waals surface area contributed by atoms with Gasteiger partial charge >= 0.3 is 6.18 Å². The third kappa shape index (κ3) is 2.56. The van der Waals surface area contributed by atoms with Gasteiger partial charge in [0.25, 0.3) is 0 Å². The lowest BCUT2D eigenvalue weighted by Crippen LogP contribution is -2.09. The Bertz CT molecular complexity index is 648. The van der Waals surface area contributed by atoms with Crippen LogP contribution in [0.4, 0.5) is 18.9 Å². The van der Waals surface area contributed by atoms with E-state index in [1.54, 1.807) is 12.1 Å². The molecule has 0 aliphatic heterocycles. The number of nitrogens with zero attached hydrogens (tertiary/aromatic N) is 3. The van der Waals surface area contributed by atoms with Crippen molar-refractivity contribution < 1.29 is 13.2 Å². The van der Waals surface area contributed by atoms with Crippen LogP contribution in [0.15, 0.2) is 12.1 Å². The molecule has 0 aliphatic rings. The van der Waals surface area contributed by atoms with Crippen molar-refractivity contribution in [3.05, 3.63) is 33.3 Å². The third-order valence-electron chi connectivity index (χ3n) is 2.60. The van der Waals surface area contributed by atoms with Gasteiger partial charge in [0.05, 0.1) is 17.9 Å². The molecule has 0 fully saturated rings. The molecule has 2 N–H and O–H groups in total. The zero-order valence-corrected chi connectivity index (χ0v) is 10.6. The van der Waals surface area contributed by atoms with Crippen LogP contribution in [0.2, 0.25) is 0 Å². The summed E-state index contributed by atoms with van der Waals surface area (Å²) in [7, 11) is 0. The first-order chi connectivity index (χ1) is 8.82. The van der Waals surface area contributed by atoms with Gasteiger partial charge in [-0.1, -0.05) is 0 Å². The van der Waals surface area contributed by atoms with E-state index < -0.39 is 11.9 Å². The van der Waals surface area contributed by atoms with E-state index in [0.29, 0.717) is 4.88 Å². The number of alkyl halides is 3. The number of thiophene rings is 1. The summed E-state index contributed by atoms with van der Waals surface area (Å²) < 4.78 is 39.1. The second-order valence-corrected chi connectivity index (χ2v) is 5.05. The highest BCUT2D eigenvalue weighted by atomic mass is 32.1. The maximum absolute atomic E-state index is 12.6. The second-order valence-electron chi connectivity index (χ2n) is 3.88. The molecule has 8 heteroatoms. The molecule has 0 unspecified atom stereocenters. The summed E-state index contributed by atoms with van der Waals surface area (Å²) in [6, 6.07) is 5.28. The van der Waals surface area contributed by atoms with Gasteiger partial charge in [-0.15, -0.1) is 11.3 Å². The normalized spacial score (nSPS) is 11.5. The molecule has 0 aliphatic carbocycles. The molecule has 19 heavy (non-hydrogen) atoms. The topological polar surface area (TPSA) is 67.6 Å². The van der Waals surface area contributed by atoms with Crippen molar-refractivity contribution in [3.8, 4) is 6.07 Å². The largest absolute Gasteiger partial charge is 0.437 e. The molecule has 0 bridgehead atoms. The molecule has 0 spiro atoms. The molecule has 0 amide bonds. The first-order valence-electron chi connectivity index (χ1n) is 5.22. The van der Waals surface area contributed by atoms with Crippen LogP contribution in [-0.4, -0.2) is 9.78 Å². The summed E-state index contributed by atoms with van der Waals surface area (Å²) >= 11 is 1.22. The first kappa shape index (κ1) is 13.4. The summed E-state index contributed by atoms with van der Waals surface area (Å²) in [5.41, 5.74) is 4.26. The second kappa shape index (κ2) is 4.59. The van der Waals surface area contributed by atoms with E-state index in [1.165, 1.54) is 22.9 Å². The van der Waals surface area contributed by atoms with Crippen molar-refractivity contribution in [1.82, 2.24) is 9.78 Å². The number of hydrogen-bond donors (Lipinski definition) is 1. The van der Waals surface area contributed by atoms with Gasteiger partial charge in [-0.05, 0) is 19.1 Å². The summed E-state index contributed by atoms with van der Waals surface area (Å²) in [4.78, 5) is 1.25.